The van der Waals surface area contributed by atoms with E-state index in [-0.39, 0.29) is 12.5 Å². The van der Waals surface area contributed by atoms with Gasteiger partial charge >= 0.3 is 5.97 Å². The molecule has 132 valence electrons. The second kappa shape index (κ2) is 9.04. The molecule has 0 saturated heterocycles. The Labute approximate surface area is 151 Å². The lowest BCUT2D eigenvalue weighted by Gasteiger charge is -2.10. The lowest BCUT2D eigenvalue weighted by molar-refractivity contribution is -0.142. The third-order valence-electron chi connectivity index (χ3n) is 3.54. The Kier molecular flexibility index (Phi) is 6.52. The van der Waals surface area contributed by atoms with Gasteiger partial charge in [0.15, 0.2) is 6.61 Å². The average molecular weight is 350 g/mol. The summed E-state index contributed by atoms with van der Waals surface area (Å²) in [6.45, 7) is 1.64. The summed E-state index contributed by atoms with van der Waals surface area (Å²) in [7, 11) is 1.29. The molecule has 26 heavy (non-hydrogen) atoms. The molecule has 6 heteroatoms. The Bertz CT molecular complexity index is 882. The van der Waals surface area contributed by atoms with E-state index < -0.39 is 5.97 Å². The van der Waals surface area contributed by atoms with E-state index in [9.17, 15) is 9.59 Å². The molecule has 0 bridgehead atoms. The van der Waals surface area contributed by atoms with Crippen LogP contribution in [-0.4, -0.2) is 25.6 Å². The van der Waals surface area contributed by atoms with Crippen molar-refractivity contribution in [3.8, 4) is 11.8 Å². The van der Waals surface area contributed by atoms with Gasteiger partial charge in [-0.05, 0) is 48.4 Å². The van der Waals surface area contributed by atoms with Crippen LogP contribution < -0.4 is 10.1 Å². The van der Waals surface area contributed by atoms with E-state index in [1.54, 1.807) is 48.5 Å². The summed E-state index contributed by atoms with van der Waals surface area (Å²) in [5, 5.41) is 11.8. The van der Waals surface area contributed by atoms with E-state index in [1.807, 2.05) is 6.92 Å². The summed E-state index contributed by atoms with van der Waals surface area (Å²) in [4.78, 5) is 23.2. The molecule has 0 unspecified atom stereocenters. The molecular weight excluding hydrogens is 332 g/mol. The number of nitrogens with zero attached hydrogens (tertiary/aromatic N) is 1. The van der Waals surface area contributed by atoms with Crippen LogP contribution in [0, 0.1) is 18.3 Å². The zero-order chi connectivity index (χ0) is 18.9. The summed E-state index contributed by atoms with van der Waals surface area (Å²) >= 11 is 0. The molecule has 0 aliphatic carbocycles. The lowest BCUT2D eigenvalue weighted by Crippen LogP contribution is -2.13. The highest BCUT2D eigenvalue weighted by Crippen LogP contribution is 2.21. The Morgan fingerprint density at radius 3 is 2.69 bits per heavy atom. The van der Waals surface area contributed by atoms with E-state index >= 15 is 0 Å². The van der Waals surface area contributed by atoms with Crippen molar-refractivity contribution in [1.82, 2.24) is 0 Å². The second-order valence-corrected chi connectivity index (χ2v) is 5.36. The Morgan fingerprint density at radius 2 is 2.00 bits per heavy atom. The highest BCUT2D eigenvalue weighted by atomic mass is 16.6. The van der Waals surface area contributed by atoms with Crippen LogP contribution in [0.3, 0.4) is 0 Å². The van der Waals surface area contributed by atoms with Crippen LogP contribution in [-0.2, 0) is 14.3 Å². The van der Waals surface area contributed by atoms with Crippen LogP contribution in [0.4, 0.5) is 5.69 Å². The number of carbonyl (C=O) groups is 2. The lowest BCUT2D eigenvalue weighted by atomic mass is 10.1. The minimum Gasteiger partial charge on any atom is -0.482 e. The fraction of sp³-hybridized carbons (Fsp3) is 0.150. The quantitative estimate of drug-likeness (QED) is 0.639. The molecule has 2 aromatic rings. The molecule has 0 aliphatic rings. The summed E-state index contributed by atoms with van der Waals surface area (Å²) in [5.41, 5.74) is 2.58. The average Bonchev–Trinajstić information content (AvgIpc) is 2.66. The third kappa shape index (κ3) is 5.21. The van der Waals surface area contributed by atoms with Gasteiger partial charge in [0.05, 0.1) is 18.7 Å². The minimum atomic E-state index is -0.470. The maximum Gasteiger partial charge on any atom is 0.343 e. The SMILES string of the molecule is COC(=O)COc1ccc(NC(=O)/C=C/c2ccccc2C#N)c(C)c1. The van der Waals surface area contributed by atoms with Gasteiger partial charge in [0.2, 0.25) is 5.91 Å². The number of ether oxygens (including phenoxy) is 2. The summed E-state index contributed by atoms with van der Waals surface area (Å²) in [6.07, 6.45) is 2.97. The van der Waals surface area contributed by atoms with Crippen molar-refractivity contribution in [3.05, 3.63) is 65.2 Å². The first-order chi connectivity index (χ1) is 12.5. The van der Waals surface area contributed by atoms with E-state index in [4.69, 9.17) is 10.00 Å². The maximum atomic E-state index is 12.1. The zero-order valence-electron chi connectivity index (χ0n) is 14.5. The van der Waals surface area contributed by atoms with Gasteiger partial charge in [0.25, 0.3) is 0 Å². The first-order valence-electron chi connectivity index (χ1n) is 7.82. The van der Waals surface area contributed by atoms with E-state index in [0.29, 0.717) is 22.6 Å². The topological polar surface area (TPSA) is 88.4 Å². The van der Waals surface area contributed by atoms with Crippen LogP contribution in [0.15, 0.2) is 48.5 Å². The highest BCUT2D eigenvalue weighted by molar-refractivity contribution is 6.02. The van der Waals surface area contributed by atoms with Crippen molar-refractivity contribution in [2.45, 2.75) is 6.92 Å². The number of carbonyl (C=O) groups excluding carboxylic acids is 2. The van der Waals surface area contributed by atoms with Gasteiger partial charge < -0.3 is 14.8 Å². The number of esters is 1. The van der Waals surface area contributed by atoms with E-state index in [1.165, 1.54) is 13.2 Å². The van der Waals surface area contributed by atoms with Crippen molar-refractivity contribution in [3.63, 3.8) is 0 Å². The second-order valence-electron chi connectivity index (χ2n) is 5.36. The number of benzene rings is 2. The summed E-state index contributed by atoms with van der Waals surface area (Å²) < 4.78 is 9.81. The Morgan fingerprint density at radius 1 is 1.23 bits per heavy atom. The molecule has 0 atom stereocenters. The van der Waals surface area contributed by atoms with Crippen LogP contribution in [0.25, 0.3) is 6.08 Å². The van der Waals surface area contributed by atoms with Gasteiger partial charge in [-0.15, -0.1) is 0 Å². The van der Waals surface area contributed by atoms with Gasteiger partial charge in [-0.1, -0.05) is 18.2 Å². The number of amides is 1. The normalized spacial score (nSPS) is 10.2. The number of nitrogens with one attached hydrogen (secondary N) is 1. The standard InChI is InChI=1S/C20H18N2O4/c1-14-11-17(26-13-20(24)25-2)8-9-18(14)22-19(23)10-7-15-5-3-4-6-16(15)12-21/h3-11H,13H2,1-2H3,(H,22,23)/b10-7+. The van der Waals surface area contributed by atoms with Gasteiger partial charge in [0.1, 0.15) is 5.75 Å². The van der Waals surface area contributed by atoms with Gasteiger partial charge in [-0.2, -0.15) is 5.26 Å². The van der Waals surface area contributed by atoms with E-state index in [2.05, 4.69) is 16.1 Å². The first kappa shape index (κ1) is 18.7. The molecule has 0 fully saturated rings. The monoisotopic (exact) mass is 350 g/mol. The number of hydrogen-bond donors (Lipinski definition) is 1. The fourth-order valence-electron chi connectivity index (χ4n) is 2.15. The molecular formula is C20H18N2O4. The number of nitriles is 1. The molecule has 6 nitrogen and oxygen atoms in total. The van der Waals surface area contributed by atoms with Crippen molar-refractivity contribution in [2.24, 2.45) is 0 Å². The molecule has 0 radical (unpaired) electrons. The summed E-state index contributed by atoms with van der Waals surface area (Å²) in [5.74, 6) is -0.281. The zero-order valence-corrected chi connectivity index (χ0v) is 14.5. The predicted molar refractivity (Wildman–Crippen MR) is 97.5 cm³/mol. The van der Waals surface area contributed by atoms with Crippen molar-refractivity contribution in [1.29, 1.82) is 5.26 Å². The minimum absolute atomic E-state index is 0.178. The Hall–Kier alpha value is -3.59. The molecule has 0 aliphatic heterocycles. The molecule has 0 aromatic heterocycles. The molecule has 2 aromatic carbocycles. The number of anilines is 1. The van der Waals surface area contributed by atoms with Crippen molar-refractivity contribution >= 4 is 23.6 Å². The molecule has 0 spiro atoms. The number of hydrogen-bond acceptors (Lipinski definition) is 5. The number of aryl methyl sites for hydroxylation is 1. The third-order valence-corrected chi connectivity index (χ3v) is 3.54. The van der Waals surface area contributed by atoms with Crippen molar-refractivity contribution in [2.75, 3.05) is 19.0 Å². The predicted octanol–water partition coefficient (Wildman–Crippen LogP) is 3.07. The van der Waals surface area contributed by atoms with Gasteiger partial charge in [0, 0.05) is 11.8 Å². The van der Waals surface area contributed by atoms with Crippen LogP contribution >= 0.6 is 0 Å². The highest BCUT2D eigenvalue weighted by Gasteiger charge is 2.06. The molecule has 1 amide bonds. The first-order valence-corrected chi connectivity index (χ1v) is 7.82. The van der Waals surface area contributed by atoms with Crippen molar-refractivity contribution < 1.29 is 19.1 Å². The van der Waals surface area contributed by atoms with E-state index in [0.717, 1.165) is 5.56 Å². The Balaban J connectivity index is 2.01. The molecule has 1 N–H and O–H groups in total. The van der Waals surface area contributed by atoms with Crippen LogP contribution in [0.2, 0.25) is 0 Å². The molecule has 0 heterocycles. The van der Waals surface area contributed by atoms with Crippen LogP contribution in [0.1, 0.15) is 16.7 Å². The number of methoxy groups -OCH3 is 1. The van der Waals surface area contributed by atoms with Gasteiger partial charge in [-0.25, -0.2) is 4.79 Å². The smallest absolute Gasteiger partial charge is 0.343 e. The summed E-state index contributed by atoms with van der Waals surface area (Å²) in [6, 6.07) is 14.2. The number of rotatable bonds is 6. The van der Waals surface area contributed by atoms with Crippen LogP contribution in [0.5, 0.6) is 5.75 Å². The van der Waals surface area contributed by atoms with Gasteiger partial charge in [-0.3, -0.25) is 4.79 Å². The fourth-order valence-corrected chi connectivity index (χ4v) is 2.15. The largest absolute Gasteiger partial charge is 0.482 e. The molecule has 2 rings (SSSR count). The maximum absolute atomic E-state index is 12.1. The molecule has 0 saturated carbocycles.